The Balaban J connectivity index is 1.89. The molecule has 0 saturated carbocycles. The van der Waals surface area contributed by atoms with Gasteiger partial charge in [-0.1, -0.05) is 36.8 Å². The Labute approximate surface area is 172 Å². The van der Waals surface area contributed by atoms with Gasteiger partial charge >= 0.3 is 0 Å². The standard InChI is InChI=1S/C23H30N2O2S/c1-5-6-21(26)25(16(2)3)15-22(27)24-13-11-20-19(12-14-28-20)23(24)18-9-7-17(4)8-10-18/h7-10,12,14,16,23H,5-6,11,13,15H2,1-4H3/t23-/m1/s1. The van der Waals surface area contributed by atoms with E-state index in [2.05, 4.69) is 42.6 Å². The maximum absolute atomic E-state index is 13.3. The molecule has 2 heterocycles. The highest BCUT2D eigenvalue weighted by molar-refractivity contribution is 7.10. The molecule has 3 rings (SSSR count). The maximum Gasteiger partial charge on any atom is 0.243 e. The van der Waals surface area contributed by atoms with Crippen LogP contribution < -0.4 is 0 Å². The molecular weight excluding hydrogens is 368 g/mol. The molecule has 1 aliphatic heterocycles. The number of nitrogens with zero attached hydrogens (tertiary/aromatic N) is 2. The molecule has 2 amide bonds. The number of benzene rings is 1. The maximum atomic E-state index is 13.3. The van der Waals surface area contributed by atoms with Crippen molar-refractivity contribution < 1.29 is 9.59 Å². The van der Waals surface area contributed by atoms with Gasteiger partial charge in [-0.2, -0.15) is 0 Å². The largest absolute Gasteiger partial charge is 0.331 e. The minimum atomic E-state index is -0.0709. The first kappa shape index (κ1) is 20.6. The molecule has 5 heteroatoms. The average molecular weight is 399 g/mol. The van der Waals surface area contributed by atoms with E-state index in [1.807, 2.05) is 25.7 Å². The number of fused-ring (bicyclic) bond motifs is 1. The fraction of sp³-hybridized carbons (Fsp3) is 0.478. The van der Waals surface area contributed by atoms with Gasteiger partial charge < -0.3 is 9.80 Å². The third-order valence-corrected chi connectivity index (χ3v) is 6.39. The zero-order valence-corrected chi connectivity index (χ0v) is 18.1. The fourth-order valence-corrected chi connectivity index (χ4v) is 4.75. The Morgan fingerprint density at radius 1 is 1.21 bits per heavy atom. The predicted octanol–water partition coefficient (Wildman–Crippen LogP) is 4.57. The molecule has 0 spiro atoms. The lowest BCUT2D eigenvalue weighted by molar-refractivity contribution is -0.143. The summed E-state index contributed by atoms with van der Waals surface area (Å²) in [5.74, 6) is 0.0894. The molecule has 1 atom stereocenters. The molecule has 0 saturated heterocycles. The number of rotatable bonds is 6. The SMILES string of the molecule is CCCC(=O)N(CC(=O)N1CCc2sccc2[C@H]1c1ccc(C)cc1)C(C)C. The van der Waals surface area contributed by atoms with Crippen LogP contribution in [0.2, 0.25) is 0 Å². The van der Waals surface area contributed by atoms with Gasteiger partial charge in [0.15, 0.2) is 0 Å². The van der Waals surface area contributed by atoms with Crippen LogP contribution in [0.1, 0.15) is 61.2 Å². The van der Waals surface area contributed by atoms with Crippen molar-refractivity contribution >= 4 is 23.2 Å². The second kappa shape index (κ2) is 8.91. The highest BCUT2D eigenvalue weighted by atomic mass is 32.1. The lowest BCUT2D eigenvalue weighted by Crippen LogP contribution is -2.48. The van der Waals surface area contributed by atoms with E-state index in [1.54, 1.807) is 16.2 Å². The van der Waals surface area contributed by atoms with Crippen LogP contribution in [0.5, 0.6) is 0 Å². The van der Waals surface area contributed by atoms with Crippen molar-refractivity contribution in [2.45, 2.75) is 59.0 Å². The summed E-state index contributed by atoms with van der Waals surface area (Å²) in [6.45, 7) is 8.87. The van der Waals surface area contributed by atoms with Gasteiger partial charge in [0.25, 0.3) is 0 Å². The molecule has 0 aliphatic carbocycles. The summed E-state index contributed by atoms with van der Waals surface area (Å²) < 4.78 is 0. The molecule has 1 aromatic heterocycles. The number of carbonyl (C=O) groups excluding carboxylic acids is 2. The Bertz CT molecular complexity index is 825. The number of aryl methyl sites for hydroxylation is 1. The van der Waals surface area contributed by atoms with Crippen LogP contribution in [0.3, 0.4) is 0 Å². The van der Waals surface area contributed by atoms with Gasteiger partial charge in [0, 0.05) is 23.9 Å². The van der Waals surface area contributed by atoms with E-state index in [0.29, 0.717) is 13.0 Å². The van der Waals surface area contributed by atoms with Gasteiger partial charge in [-0.25, -0.2) is 0 Å². The van der Waals surface area contributed by atoms with Crippen molar-refractivity contribution in [1.82, 2.24) is 9.80 Å². The Kier molecular flexibility index (Phi) is 6.55. The zero-order valence-electron chi connectivity index (χ0n) is 17.3. The number of amides is 2. The van der Waals surface area contributed by atoms with E-state index in [1.165, 1.54) is 16.0 Å². The molecule has 0 unspecified atom stereocenters. The van der Waals surface area contributed by atoms with Gasteiger partial charge in [0.1, 0.15) is 6.54 Å². The zero-order chi connectivity index (χ0) is 20.3. The number of carbonyl (C=O) groups is 2. The summed E-state index contributed by atoms with van der Waals surface area (Å²) in [7, 11) is 0. The van der Waals surface area contributed by atoms with Crippen LogP contribution in [0.15, 0.2) is 35.7 Å². The normalized spacial score (nSPS) is 16.2. The smallest absolute Gasteiger partial charge is 0.243 e. The van der Waals surface area contributed by atoms with Gasteiger partial charge in [-0.15, -0.1) is 11.3 Å². The van der Waals surface area contributed by atoms with E-state index in [4.69, 9.17) is 0 Å². The minimum Gasteiger partial charge on any atom is -0.331 e. The molecule has 1 aliphatic rings. The summed E-state index contributed by atoms with van der Waals surface area (Å²) >= 11 is 1.77. The second-order valence-electron chi connectivity index (χ2n) is 7.81. The Hall–Kier alpha value is -2.14. The van der Waals surface area contributed by atoms with Gasteiger partial charge in [0.05, 0.1) is 6.04 Å². The molecule has 0 fully saturated rings. The van der Waals surface area contributed by atoms with E-state index in [9.17, 15) is 9.59 Å². The predicted molar refractivity (Wildman–Crippen MR) is 115 cm³/mol. The first-order chi connectivity index (χ1) is 13.4. The topological polar surface area (TPSA) is 40.6 Å². The van der Waals surface area contributed by atoms with Crippen molar-refractivity contribution in [1.29, 1.82) is 0 Å². The lowest BCUT2D eigenvalue weighted by atomic mass is 9.92. The van der Waals surface area contributed by atoms with Crippen LogP contribution in [-0.2, 0) is 16.0 Å². The molecule has 0 bridgehead atoms. The van der Waals surface area contributed by atoms with Crippen LogP contribution in [-0.4, -0.2) is 40.7 Å². The van der Waals surface area contributed by atoms with E-state index in [-0.39, 0.29) is 30.4 Å². The van der Waals surface area contributed by atoms with Crippen molar-refractivity contribution in [3.05, 3.63) is 57.3 Å². The van der Waals surface area contributed by atoms with Gasteiger partial charge in [-0.3, -0.25) is 9.59 Å². The summed E-state index contributed by atoms with van der Waals surface area (Å²) in [5.41, 5.74) is 3.57. The molecular formula is C23H30N2O2S. The molecule has 0 radical (unpaired) electrons. The van der Waals surface area contributed by atoms with Crippen LogP contribution in [0, 0.1) is 6.92 Å². The molecule has 2 aromatic rings. The first-order valence-electron chi connectivity index (χ1n) is 10.1. The summed E-state index contributed by atoms with van der Waals surface area (Å²) in [6.07, 6.45) is 2.16. The first-order valence-corrected chi connectivity index (χ1v) is 11.0. The molecule has 4 nitrogen and oxygen atoms in total. The monoisotopic (exact) mass is 398 g/mol. The molecule has 150 valence electrons. The fourth-order valence-electron chi connectivity index (χ4n) is 3.85. The van der Waals surface area contributed by atoms with Crippen LogP contribution >= 0.6 is 11.3 Å². The van der Waals surface area contributed by atoms with E-state index in [0.717, 1.165) is 18.4 Å². The minimum absolute atomic E-state index is 0.0160. The number of hydrogen-bond acceptors (Lipinski definition) is 3. The van der Waals surface area contributed by atoms with E-state index < -0.39 is 0 Å². The van der Waals surface area contributed by atoms with Gasteiger partial charge in [0.2, 0.25) is 11.8 Å². The van der Waals surface area contributed by atoms with Crippen molar-refractivity contribution in [3.63, 3.8) is 0 Å². The van der Waals surface area contributed by atoms with Crippen LogP contribution in [0.25, 0.3) is 0 Å². The second-order valence-corrected chi connectivity index (χ2v) is 8.82. The third kappa shape index (κ3) is 4.30. The highest BCUT2D eigenvalue weighted by Crippen LogP contribution is 2.38. The lowest BCUT2D eigenvalue weighted by Gasteiger charge is -2.38. The third-order valence-electron chi connectivity index (χ3n) is 5.39. The molecule has 28 heavy (non-hydrogen) atoms. The van der Waals surface area contributed by atoms with Crippen molar-refractivity contribution in [2.24, 2.45) is 0 Å². The summed E-state index contributed by atoms with van der Waals surface area (Å²) in [4.78, 5) is 30.9. The van der Waals surface area contributed by atoms with E-state index >= 15 is 0 Å². The summed E-state index contributed by atoms with van der Waals surface area (Å²) in [5, 5.41) is 2.12. The Morgan fingerprint density at radius 3 is 2.57 bits per heavy atom. The summed E-state index contributed by atoms with van der Waals surface area (Å²) in [6, 6.07) is 10.5. The van der Waals surface area contributed by atoms with Crippen LogP contribution in [0.4, 0.5) is 0 Å². The highest BCUT2D eigenvalue weighted by Gasteiger charge is 2.34. The number of hydrogen-bond donors (Lipinski definition) is 0. The van der Waals surface area contributed by atoms with Crippen molar-refractivity contribution in [3.8, 4) is 0 Å². The molecule has 0 N–H and O–H groups in total. The average Bonchev–Trinajstić information content (AvgIpc) is 3.14. The molecule has 1 aromatic carbocycles. The Morgan fingerprint density at radius 2 is 1.93 bits per heavy atom. The van der Waals surface area contributed by atoms with Gasteiger partial charge in [-0.05, 0) is 56.2 Å². The quantitative estimate of drug-likeness (QED) is 0.715. The number of thiophene rings is 1. The van der Waals surface area contributed by atoms with Crippen molar-refractivity contribution in [2.75, 3.05) is 13.1 Å².